The van der Waals surface area contributed by atoms with Crippen molar-refractivity contribution in [3.8, 4) is 0 Å². The van der Waals surface area contributed by atoms with E-state index in [2.05, 4.69) is 24.5 Å². The summed E-state index contributed by atoms with van der Waals surface area (Å²) in [6.07, 6.45) is 1.60. The van der Waals surface area contributed by atoms with E-state index in [9.17, 15) is 4.79 Å². The first kappa shape index (κ1) is 54.1. The molecule has 12 heteroatoms. The molecule has 20 heavy (non-hydrogen) atoms. The second kappa shape index (κ2) is 237. The van der Waals surface area contributed by atoms with Crippen LogP contribution in [0.2, 0.25) is 0 Å². The van der Waals surface area contributed by atoms with Gasteiger partial charge in [0.2, 0.25) is 0 Å². The molecular weight excluding hydrogens is 288 g/mol. The van der Waals surface area contributed by atoms with Gasteiger partial charge in [0.25, 0.3) is 0 Å². The Morgan fingerprint density at radius 1 is 0.900 bits per heavy atom. The second-order valence-electron chi connectivity index (χ2n) is 0.943. The molecule has 0 unspecified atom stereocenters. The van der Waals surface area contributed by atoms with E-state index < -0.39 is 0 Å². The number of hydrogen-bond donors (Lipinski definition) is 0. The van der Waals surface area contributed by atoms with Gasteiger partial charge >= 0.3 is 18.3 Å². The fraction of sp³-hybridized carbons (Fsp3) is 0.125. The highest BCUT2D eigenvalue weighted by Gasteiger charge is 1.79. The Balaban J connectivity index is -0.0000000152. The van der Waals surface area contributed by atoms with E-state index in [-0.39, 0.29) is 29.2 Å². The first-order valence-corrected chi connectivity index (χ1v) is 3.20. The Morgan fingerprint density at radius 3 is 1.05 bits per heavy atom. The summed E-state index contributed by atoms with van der Waals surface area (Å²) in [5, 5.41) is 0. The minimum Gasteiger partial charge on any atom is -0.435 e. The number of hydrogen-bond acceptors (Lipinski definition) is 10. The number of esters is 1. The van der Waals surface area contributed by atoms with Gasteiger partial charge in [0, 0.05) is 26.8 Å². The number of ether oxygens (including phenoxy) is 1. The first-order valence-electron chi connectivity index (χ1n) is 3.20. The first-order chi connectivity index (χ1) is 8.60. The van der Waals surface area contributed by atoms with Crippen molar-refractivity contribution in [3.63, 3.8) is 0 Å². The Morgan fingerprint density at radius 2 is 1.05 bits per heavy atom. The zero-order chi connectivity index (χ0) is 16.4. The third-order valence-electron chi connectivity index (χ3n) is 0.249. The molecule has 0 saturated heterocycles. The molecule has 0 aliphatic heterocycles. The van der Waals surface area contributed by atoms with E-state index in [1.807, 2.05) is 0 Å². The molecule has 0 atom stereocenters. The van der Waals surface area contributed by atoms with Crippen LogP contribution in [0.3, 0.4) is 0 Å². The number of carbonyl (C=O) groups excluding carboxylic acids is 5. The summed E-state index contributed by atoms with van der Waals surface area (Å²) < 4.78 is 4.17. The van der Waals surface area contributed by atoms with Crippen LogP contribution in [0.25, 0.3) is 0 Å². The van der Waals surface area contributed by atoms with E-state index in [1.165, 1.54) is 6.92 Å². The van der Waals surface area contributed by atoms with Crippen molar-refractivity contribution in [1.29, 1.82) is 0 Å². The highest BCUT2D eigenvalue weighted by molar-refractivity contribution is 5.66. The van der Waals surface area contributed by atoms with E-state index >= 15 is 0 Å². The topological polar surface area (TPSA) is 226 Å². The molecule has 0 aliphatic carbocycles. The van der Waals surface area contributed by atoms with Gasteiger partial charge in [-0.2, -0.15) is 19.2 Å². The van der Waals surface area contributed by atoms with Crippen LogP contribution in [0.15, 0.2) is 26.0 Å². The van der Waals surface area contributed by atoms with Gasteiger partial charge in [0.05, 0.1) is 6.26 Å². The van der Waals surface area contributed by atoms with Crippen molar-refractivity contribution in [2.24, 2.45) is 0 Å². The number of rotatable bonds is 1. The predicted molar refractivity (Wildman–Crippen MR) is 63.9 cm³/mol. The molecule has 12 nitrogen and oxygen atoms in total. The molecule has 0 aromatic carbocycles. The molecule has 0 rings (SSSR count). The van der Waals surface area contributed by atoms with Gasteiger partial charge in [-0.25, -0.2) is 0 Å². The maximum atomic E-state index is 9.75. The highest BCUT2D eigenvalue weighted by Crippen LogP contribution is 1.70. The number of carbonyl (C=O) groups is 1. The molecule has 0 amide bonds. The van der Waals surface area contributed by atoms with Crippen LogP contribution in [-0.2, 0) is 28.7 Å². The molecule has 0 spiro atoms. The largest absolute Gasteiger partial charge is 0.435 e. The Labute approximate surface area is 112 Å². The lowest BCUT2D eigenvalue weighted by Crippen LogP contribution is -1.87. The summed E-state index contributed by atoms with van der Waals surface area (Å²) in [6.45, 7) is 10.5. The van der Waals surface area contributed by atoms with Gasteiger partial charge in [0.15, 0.2) is 0 Å². The van der Waals surface area contributed by atoms with Crippen molar-refractivity contribution >= 4 is 18.3 Å². The summed E-state index contributed by atoms with van der Waals surface area (Å²) in [4.78, 5) is 70.3. The third-order valence-corrected chi connectivity index (χ3v) is 0.249. The fourth-order valence-electron chi connectivity index (χ4n) is 0.117. The zero-order valence-electron chi connectivity index (χ0n) is 10.3. The van der Waals surface area contributed by atoms with Gasteiger partial charge < -0.3 is 15.7 Å². The SMILES string of the molecule is C=C.C=COC(C)=O.O.O.O=C=O.O=C=O.O=O.O=O. The van der Waals surface area contributed by atoms with Crippen LogP contribution in [0.1, 0.15) is 6.92 Å². The summed E-state index contributed by atoms with van der Waals surface area (Å²) in [6, 6.07) is 0. The lowest BCUT2D eigenvalue weighted by Gasteiger charge is -1.83. The molecule has 0 aliphatic rings. The molecule has 0 bridgehead atoms. The highest BCUT2D eigenvalue weighted by atomic mass is 16.7. The van der Waals surface area contributed by atoms with Crippen LogP contribution < -0.4 is 0 Å². The Bertz CT molecular complexity index is 209. The standard InChI is InChI=1S/C4H6O2.C2H4.2CO2.2O2.2H2O/c1-3-6-4(2)5;1-2;2*2-1-3;2*1-2;;/h3H,1H2,2H3;1-2H2;;;;;2*1H2. The molecule has 0 fully saturated rings. The van der Waals surface area contributed by atoms with Crippen LogP contribution >= 0.6 is 0 Å². The molecule has 0 saturated carbocycles. The van der Waals surface area contributed by atoms with Crippen LogP contribution in [-0.4, -0.2) is 29.2 Å². The minimum absolute atomic E-state index is 0. The van der Waals surface area contributed by atoms with Crippen molar-refractivity contribution < 1.29 is 39.7 Å². The van der Waals surface area contributed by atoms with Gasteiger partial charge in [-0.1, -0.05) is 6.58 Å². The summed E-state index contributed by atoms with van der Waals surface area (Å²) >= 11 is 0. The summed E-state index contributed by atoms with van der Waals surface area (Å²) in [7, 11) is 0. The van der Waals surface area contributed by atoms with Crippen LogP contribution in [0.4, 0.5) is 0 Å². The van der Waals surface area contributed by atoms with Gasteiger partial charge in [-0.3, -0.25) is 4.79 Å². The molecule has 0 aromatic heterocycles. The molecule has 4 N–H and O–H groups in total. The fourth-order valence-corrected chi connectivity index (χ4v) is 0.117. The average Bonchev–Trinajstić information content (AvgIpc) is 2.38. The van der Waals surface area contributed by atoms with Crippen molar-refractivity contribution in [1.82, 2.24) is 0 Å². The van der Waals surface area contributed by atoms with Crippen molar-refractivity contribution in [2.75, 3.05) is 0 Å². The average molecular weight is 302 g/mol. The van der Waals surface area contributed by atoms with Crippen LogP contribution in [0.5, 0.6) is 0 Å². The van der Waals surface area contributed by atoms with Gasteiger partial charge in [0.1, 0.15) is 0 Å². The lowest BCUT2D eigenvalue weighted by molar-refractivity contribution is -0.193. The maximum Gasteiger partial charge on any atom is 0.373 e. The smallest absolute Gasteiger partial charge is 0.373 e. The van der Waals surface area contributed by atoms with E-state index in [0.717, 1.165) is 6.26 Å². The third kappa shape index (κ3) is 98100. The Kier molecular flexibility index (Phi) is 642. The Hall–Kier alpha value is -3.17. The lowest BCUT2D eigenvalue weighted by atomic mass is 10.8. The van der Waals surface area contributed by atoms with E-state index in [0.29, 0.717) is 0 Å². The van der Waals surface area contributed by atoms with E-state index in [4.69, 9.17) is 39.0 Å². The maximum absolute atomic E-state index is 9.75. The molecule has 0 heterocycles. The minimum atomic E-state index is -0.329. The van der Waals surface area contributed by atoms with Crippen molar-refractivity contribution in [3.05, 3.63) is 45.9 Å². The molecule has 118 valence electrons. The molecular formula is C8H14O12. The molecule has 0 aromatic rings. The van der Waals surface area contributed by atoms with Crippen molar-refractivity contribution in [2.45, 2.75) is 6.92 Å². The quantitative estimate of drug-likeness (QED) is 0.319. The zero-order valence-corrected chi connectivity index (χ0v) is 10.3. The van der Waals surface area contributed by atoms with Crippen LogP contribution in [0, 0.1) is 19.9 Å². The second-order valence-corrected chi connectivity index (χ2v) is 0.943. The van der Waals surface area contributed by atoms with E-state index in [1.54, 1.807) is 0 Å². The monoisotopic (exact) mass is 302 g/mol. The predicted octanol–water partition coefficient (Wildman–Crippen LogP) is -1.19. The van der Waals surface area contributed by atoms with Gasteiger partial charge in [-0.15, -0.1) is 13.2 Å². The molecule has 0 radical (unpaired) electrons. The summed E-state index contributed by atoms with van der Waals surface area (Å²) in [5.74, 6) is -0.329. The summed E-state index contributed by atoms with van der Waals surface area (Å²) in [5.41, 5.74) is 0. The normalized spacial score (nSPS) is 3.45. The van der Waals surface area contributed by atoms with Gasteiger partial charge in [-0.05, 0) is 0 Å².